The predicted molar refractivity (Wildman–Crippen MR) is 77.9 cm³/mol. The summed E-state index contributed by atoms with van der Waals surface area (Å²) in [6, 6.07) is 7.75. The molecule has 1 heterocycles. The van der Waals surface area contributed by atoms with Gasteiger partial charge in [-0.2, -0.15) is 0 Å². The van der Waals surface area contributed by atoms with Crippen molar-refractivity contribution >= 4 is 5.69 Å². The highest BCUT2D eigenvalue weighted by Gasteiger charge is 2.25. The minimum atomic E-state index is -0.342. The van der Waals surface area contributed by atoms with E-state index in [4.69, 9.17) is 0 Å². The van der Waals surface area contributed by atoms with Crippen molar-refractivity contribution < 1.29 is 14.7 Å². The Labute approximate surface area is 120 Å². The second-order valence-corrected chi connectivity index (χ2v) is 5.82. The number of hydrogen-bond acceptors (Lipinski definition) is 2. The van der Waals surface area contributed by atoms with Crippen LogP contribution in [0.1, 0.15) is 25.8 Å². The summed E-state index contributed by atoms with van der Waals surface area (Å²) in [4.78, 5) is 13.6. The van der Waals surface area contributed by atoms with E-state index in [2.05, 4.69) is 13.8 Å². The first-order valence-electron chi connectivity index (χ1n) is 7.51. The Bertz CT molecular complexity index is 439. The van der Waals surface area contributed by atoms with Crippen LogP contribution in [0, 0.1) is 10.1 Å². The average molecular weight is 279 g/mol. The van der Waals surface area contributed by atoms with E-state index in [0.717, 1.165) is 12.6 Å². The molecule has 0 unspecified atom stereocenters. The molecule has 1 fully saturated rings. The van der Waals surface area contributed by atoms with Gasteiger partial charge in [0, 0.05) is 17.7 Å². The zero-order valence-corrected chi connectivity index (χ0v) is 12.4. The molecule has 2 rings (SSSR count). The molecule has 2 N–H and O–H groups in total. The minimum Gasteiger partial charge on any atom is -0.323 e. The van der Waals surface area contributed by atoms with Gasteiger partial charge in [-0.15, -0.1) is 0 Å². The molecule has 5 heteroatoms. The normalized spacial score (nSPS) is 24.3. The van der Waals surface area contributed by atoms with E-state index in [9.17, 15) is 10.1 Å². The second kappa shape index (κ2) is 6.81. The SMILES string of the molecule is CC[C@H](C)[NH+]1CC[NH+](Cc2ccc([N+](=O)[O-])cc2)CC1. The Morgan fingerprint density at radius 3 is 2.30 bits per heavy atom. The number of quaternary nitrogens is 2. The van der Waals surface area contributed by atoms with Crippen molar-refractivity contribution in [2.45, 2.75) is 32.9 Å². The summed E-state index contributed by atoms with van der Waals surface area (Å²) >= 11 is 0. The largest absolute Gasteiger partial charge is 0.323 e. The fourth-order valence-electron chi connectivity index (χ4n) is 2.91. The molecular weight excluding hydrogens is 254 g/mol. The van der Waals surface area contributed by atoms with E-state index in [1.165, 1.54) is 38.2 Å². The molecule has 1 aliphatic heterocycles. The van der Waals surface area contributed by atoms with Crippen LogP contribution in [0.15, 0.2) is 24.3 Å². The molecule has 1 atom stereocenters. The fraction of sp³-hybridized carbons (Fsp3) is 0.600. The zero-order valence-electron chi connectivity index (χ0n) is 12.4. The predicted octanol–water partition coefficient (Wildman–Crippen LogP) is -0.323. The third-order valence-electron chi connectivity index (χ3n) is 4.51. The highest BCUT2D eigenvalue weighted by molar-refractivity contribution is 5.32. The average Bonchev–Trinajstić information content (AvgIpc) is 2.48. The van der Waals surface area contributed by atoms with Gasteiger partial charge in [-0.05, 0) is 25.5 Å². The van der Waals surface area contributed by atoms with Crippen LogP contribution >= 0.6 is 0 Å². The molecule has 1 aliphatic rings. The number of nitrogens with zero attached hydrogens (tertiary/aromatic N) is 1. The fourth-order valence-corrected chi connectivity index (χ4v) is 2.91. The first-order chi connectivity index (χ1) is 9.60. The van der Waals surface area contributed by atoms with Gasteiger partial charge in [0.25, 0.3) is 5.69 Å². The van der Waals surface area contributed by atoms with Crippen LogP contribution in [0.5, 0.6) is 0 Å². The van der Waals surface area contributed by atoms with Gasteiger partial charge in [-0.3, -0.25) is 10.1 Å². The van der Waals surface area contributed by atoms with E-state index in [-0.39, 0.29) is 10.6 Å². The molecule has 0 spiro atoms. The molecule has 1 aromatic rings. The number of non-ortho nitro benzene ring substituents is 1. The topological polar surface area (TPSA) is 52.0 Å². The van der Waals surface area contributed by atoms with Gasteiger partial charge >= 0.3 is 0 Å². The lowest BCUT2D eigenvalue weighted by Gasteiger charge is -2.32. The van der Waals surface area contributed by atoms with Crippen molar-refractivity contribution in [3.63, 3.8) is 0 Å². The first kappa shape index (κ1) is 14.9. The van der Waals surface area contributed by atoms with Crippen molar-refractivity contribution in [2.24, 2.45) is 0 Å². The molecule has 110 valence electrons. The zero-order chi connectivity index (χ0) is 14.5. The number of nitro groups is 1. The molecule has 0 saturated carbocycles. The Hall–Kier alpha value is -1.46. The van der Waals surface area contributed by atoms with E-state index in [1.807, 2.05) is 12.1 Å². The number of benzene rings is 1. The van der Waals surface area contributed by atoms with Gasteiger partial charge in [0.15, 0.2) is 0 Å². The van der Waals surface area contributed by atoms with Crippen molar-refractivity contribution in [3.8, 4) is 0 Å². The summed E-state index contributed by atoms with van der Waals surface area (Å²) in [6.45, 7) is 10.4. The smallest absolute Gasteiger partial charge is 0.269 e. The minimum absolute atomic E-state index is 0.176. The van der Waals surface area contributed by atoms with Crippen molar-refractivity contribution in [3.05, 3.63) is 39.9 Å². The molecular formula is C15H25N3O2+2. The number of rotatable bonds is 5. The Balaban J connectivity index is 1.84. The highest BCUT2D eigenvalue weighted by atomic mass is 16.6. The summed E-state index contributed by atoms with van der Waals surface area (Å²) in [7, 11) is 0. The molecule has 1 saturated heterocycles. The van der Waals surface area contributed by atoms with Gasteiger partial charge < -0.3 is 9.80 Å². The van der Waals surface area contributed by atoms with Gasteiger partial charge in [-0.1, -0.05) is 6.92 Å². The van der Waals surface area contributed by atoms with Crippen LogP contribution in [0.3, 0.4) is 0 Å². The van der Waals surface area contributed by atoms with Crippen LogP contribution in [-0.2, 0) is 6.54 Å². The summed E-state index contributed by atoms with van der Waals surface area (Å²) in [5.41, 5.74) is 1.37. The number of nitrogens with one attached hydrogen (secondary N) is 2. The molecule has 0 aromatic heterocycles. The van der Waals surface area contributed by atoms with E-state index in [0.29, 0.717) is 0 Å². The van der Waals surface area contributed by atoms with Crippen LogP contribution in [0.25, 0.3) is 0 Å². The Kier molecular flexibility index (Phi) is 5.09. The molecule has 0 aliphatic carbocycles. The number of piperazine rings is 1. The standard InChI is InChI=1S/C15H23N3O2/c1-3-13(2)17-10-8-16(9-11-17)12-14-4-6-15(7-5-14)18(19)20/h4-7,13H,3,8-12H2,1-2H3/p+2/t13-/m0/s1. The van der Waals surface area contributed by atoms with Gasteiger partial charge in [0.05, 0.1) is 11.0 Å². The van der Waals surface area contributed by atoms with Gasteiger partial charge in [-0.25, -0.2) is 0 Å². The molecule has 20 heavy (non-hydrogen) atoms. The first-order valence-corrected chi connectivity index (χ1v) is 7.51. The summed E-state index contributed by atoms with van der Waals surface area (Å²) in [5.74, 6) is 0. The van der Waals surface area contributed by atoms with Crippen LogP contribution < -0.4 is 9.80 Å². The highest BCUT2D eigenvalue weighted by Crippen LogP contribution is 2.10. The molecule has 1 aromatic carbocycles. The lowest BCUT2D eigenvalue weighted by atomic mass is 10.1. The lowest BCUT2D eigenvalue weighted by molar-refractivity contribution is -1.03. The molecule has 0 radical (unpaired) electrons. The summed E-state index contributed by atoms with van der Waals surface area (Å²) < 4.78 is 0. The Morgan fingerprint density at radius 2 is 1.80 bits per heavy atom. The van der Waals surface area contributed by atoms with Gasteiger partial charge in [0.1, 0.15) is 32.7 Å². The lowest BCUT2D eigenvalue weighted by Crippen LogP contribution is -3.29. The van der Waals surface area contributed by atoms with E-state index in [1.54, 1.807) is 21.9 Å². The molecule has 0 amide bonds. The molecule has 0 bridgehead atoms. The summed E-state index contributed by atoms with van der Waals surface area (Å²) in [5, 5.41) is 10.6. The number of nitro benzene ring substituents is 1. The maximum atomic E-state index is 10.6. The maximum Gasteiger partial charge on any atom is 0.269 e. The third-order valence-corrected chi connectivity index (χ3v) is 4.51. The van der Waals surface area contributed by atoms with E-state index < -0.39 is 0 Å². The Morgan fingerprint density at radius 1 is 1.20 bits per heavy atom. The van der Waals surface area contributed by atoms with E-state index >= 15 is 0 Å². The quantitative estimate of drug-likeness (QED) is 0.573. The monoisotopic (exact) mass is 279 g/mol. The van der Waals surface area contributed by atoms with Crippen LogP contribution in [-0.4, -0.2) is 37.1 Å². The summed E-state index contributed by atoms with van der Waals surface area (Å²) in [6.07, 6.45) is 1.24. The molecule has 5 nitrogen and oxygen atoms in total. The van der Waals surface area contributed by atoms with Crippen molar-refractivity contribution in [1.82, 2.24) is 0 Å². The van der Waals surface area contributed by atoms with Crippen LogP contribution in [0.2, 0.25) is 0 Å². The third kappa shape index (κ3) is 3.77. The van der Waals surface area contributed by atoms with Crippen molar-refractivity contribution in [1.29, 1.82) is 0 Å². The number of hydrogen-bond donors (Lipinski definition) is 2. The van der Waals surface area contributed by atoms with Crippen molar-refractivity contribution in [2.75, 3.05) is 26.2 Å². The van der Waals surface area contributed by atoms with Crippen LogP contribution in [0.4, 0.5) is 5.69 Å². The maximum absolute atomic E-state index is 10.6. The van der Waals surface area contributed by atoms with Gasteiger partial charge in [0.2, 0.25) is 0 Å². The second-order valence-electron chi connectivity index (χ2n) is 5.82.